The number of carbonyl (C=O) groups is 3. The number of fused-ring (bicyclic) bond motifs is 2. The molecule has 2 saturated carbocycles. The van der Waals surface area contributed by atoms with Crippen LogP contribution >= 0.6 is 11.6 Å². The van der Waals surface area contributed by atoms with Gasteiger partial charge in [-0.05, 0) is 61.4 Å². The summed E-state index contributed by atoms with van der Waals surface area (Å²) in [6.45, 7) is 0. The summed E-state index contributed by atoms with van der Waals surface area (Å²) in [6.07, 6.45) is 3.61. The molecule has 2 N–H and O–H groups in total. The minimum atomic E-state index is -1.03. The fourth-order valence-corrected chi connectivity index (χ4v) is 6.24. The number of rotatable bonds is 6. The van der Waals surface area contributed by atoms with Crippen LogP contribution in [0.25, 0.3) is 0 Å². The molecule has 5 rings (SSSR count). The summed E-state index contributed by atoms with van der Waals surface area (Å²) in [5.41, 5.74) is 0.872. The number of hydrogen-bond donors (Lipinski definition) is 2. The molecule has 3 aliphatic rings. The number of benzene rings is 2. The van der Waals surface area contributed by atoms with Gasteiger partial charge in [0.05, 0.1) is 6.42 Å². The number of nitrogens with zero attached hydrogens (tertiary/aromatic N) is 1. The Labute approximate surface area is 206 Å². The predicted octanol–water partition coefficient (Wildman–Crippen LogP) is 5.04. The maximum absolute atomic E-state index is 13.9. The smallest absolute Gasteiger partial charge is 0.303 e. The van der Waals surface area contributed by atoms with E-state index in [-0.39, 0.29) is 42.2 Å². The van der Waals surface area contributed by atoms with E-state index >= 15 is 0 Å². The van der Waals surface area contributed by atoms with Crippen molar-refractivity contribution in [2.45, 2.75) is 62.4 Å². The van der Waals surface area contributed by atoms with Crippen LogP contribution in [-0.4, -0.2) is 34.5 Å². The Bertz CT molecular complexity index is 1200. The lowest BCUT2D eigenvalue weighted by atomic mass is 9.72. The van der Waals surface area contributed by atoms with Crippen molar-refractivity contribution in [3.8, 4) is 0 Å². The van der Waals surface area contributed by atoms with E-state index in [0.717, 1.165) is 55.9 Å². The van der Waals surface area contributed by atoms with E-state index in [4.69, 9.17) is 16.7 Å². The highest BCUT2D eigenvalue weighted by atomic mass is 35.5. The van der Waals surface area contributed by atoms with Crippen molar-refractivity contribution in [3.05, 3.63) is 64.2 Å². The van der Waals surface area contributed by atoms with Crippen LogP contribution in [0.2, 0.25) is 5.02 Å². The van der Waals surface area contributed by atoms with Crippen LogP contribution in [0, 0.1) is 17.6 Å². The molecule has 2 amide bonds. The van der Waals surface area contributed by atoms with Gasteiger partial charge in [0.2, 0.25) is 5.91 Å². The van der Waals surface area contributed by atoms with Crippen molar-refractivity contribution in [2.75, 3.05) is 4.90 Å². The van der Waals surface area contributed by atoms with Crippen molar-refractivity contribution >= 4 is 35.1 Å². The van der Waals surface area contributed by atoms with Crippen LogP contribution in [0.1, 0.15) is 66.8 Å². The first kappa shape index (κ1) is 23.7. The molecule has 6 nitrogen and oxygen atoms in total. The molecule has 2 aromatic carbocycles. The first-order valence-electron chi connectivity index (χ1n) is 11.8. The molecule has 2 fully saturated rings. The van der Waals surface area contributed by atoms with Gasteiger partial charge in [-0.3, -0.25) is 14.4 Å². The second kappa shape index (κ2) is 8.90. The fraction of sp³-hybridized carbons (Fsp3) is 0.423. The van der Waals surface area contributed by atoms with Gasteiger partial charge < -0.3 is 15.3 Å². The standard InChI is InChI=1S/C26H25ClF2N2O4/c27-15-4-5-19-21(12-15)31(25(35)14-10-16(28)13-17(29)11-14)20-3-1-2-18(20)24(19)26(8-9-26)30-22(32)6-7-23(33)34/h4-5,10-13,18,20,24H,1-3,6-9H2,(H,30,32)(H,33,34). The third kappa shape index (κ3) is 4.40. The highest BCUT2D eigenvalue weighted by Crippen LogP contribution is 2.60. The zero-order valence-electron chi connectivity index (χ0n) is 18.9. The molecule has 0 aromatic heterocycles. The van der Waals surface area contributed by atoms with Crippen molar-refractivity contribution < 1.29 is 28.3 Å². The molecule has 3 atom stereocenters. The number of carboxylic acid groups (broad SMARTS) is 1. The summed E-state index contributed by atoms with van der Waals surface area (Å²) >= 11 is 6.34. The van der Waals surface area contributed by atoms with E-state index in [1.807, 2.05) is 6.07 Å². The molecule has 0 radical (unpaired) electrons. The lowest BCUT2D eigenvalue weighted by Gasteiger charge is -2.47. The average molecular weight is 503 g/mol. The normalized spacial score (nSPS) is 23.9. The van der Waals surface area contributed by atoms with Gasteiger partial charge in [0.15, 0.2) is 0 Å². The van der Waals surface area contributed by atoms with E-state index in [1.165, 1.54) is 0 Å². The summed E-state index contributed by atoms with van der Waals surface area (Å²) in [5.74, 6) is -3.50. The molecule has 2 aromatic rings. The minimum absolute atomic E-state index is 0.0355. The van der Waals surface area contributed by atoms with Crippen LogP contribution in [0.5, 0.6) is 0 Å². The predicted molar refractivity (Wildman–Crippen MR) is 125 cm³/mol. The fourth-order valence-electron chi connectivity index (χ4n) is 6.07. The van der Waals surface area contributed by atoms with E-state index in [9.17, 15) is 23.2 Å². The zero-order valence-corrected chi connectivity index (χ0v) is 19.7. The minimum Gasteiger partial charge on any atom is -0.481 e. The van der Waals surface area contributed by atoms with Crippen LogP contribution in [0.3, 0.4) is 0 Å². The zero-order chi connectivity index (χ0) is 24.9. The van der Waals surface area contributed by atoms with Gasteiger partial charge in [-0.2, -0.15) is 0 Å². The van der Waals surface area contributed by atoms with Gasteiger partial charge in [0.1, 0.15) is 11.6 Å². The van der Waals surface area contributed by atoms with Crippen molar-refractivity contribution in [2.24, 2.45) is 5.92 Å². The summed E-state index contributed by atoms with van der Waals surface area (Å²) in [5, 5.41) is 12.5. The van der Waals surface area contributed by atoms with Crippen LogP contribution in [0.4, 0.5) is 14.5 Å². The summed E-state index contributed by atoms with van der Waals surface area (Å²) in [6, 6.07) is 7.92. The lowest BCUT2D eigenvalue weighted by Crippen LogP contribution is -2.53. The molecule has 1 heterocycles. The van der Waals surface area contributed by atoms with E-state index in [2.05, 4.69) is 5.32 Å². The SMILES string of the molecule is O=C(O)CCC(=O)NC1(C2c3ccc(Cl)cc3N(C(=O)c3cc(F)cc(F)c3)C3CCCC32)CC1. The lowest BCUT2D eigenvalue weighted by molar-refractivity contribution is -0.139. The maximum atomic E-state index is 13.9. The number of halogens is 3. The van der Waals surface area contributed by atoms with Crippen molar-refractivity contribution in [1.29, 1.82) is 0 Å². The number of carboxylic acids is 1. The van der Waals surface area contributed by atoms with Gasteiger partial charge in [-0.25, -0.2) is 8.78 Å². The third-order valence-electron chi connectivity index (χ3n) is 7.55. The van der Waals surface area contributed by atoms with Crippen LogP contribution in [0.15, 0.2) is 36.4 Å². The molecule has 3 unspecified atom stereocenters. The summed E-state index contributed by atoms with van der Waals surface area (Å²) < 4.78 is 27.9. The molecular formula is C26H25ClF2N2O4. The van der Waals surface area contributed by atoms with E-state index in [0.29, 0.717) is 10.7 Å². The molecule has 184 valence electrons. The Balaban J connectivity index is 1.55. The van der Waals surface area contributed by atoms with Crippen LogP contribution in [-0.2, 0) is 9.59 Å². The first-order valence-corrected chi connectivity index (χ1v) is 12.2. The van der Waals surface area contributed by atoms with Crippen LogP contribution < -0.4 is 10.2 Å². The number of hydrogen-bond acceptors (Lipinski definition) is 3. The Morgan fingerprint density at radius 3 is 2.43 bits per heavy atom. The number of anilines is 1. The molecule has 0 saturated heterocycles. The van der Waals surface area contributed by atoms with E-state index < -0.39 is 29.0 Å². The monoisotopic (exact) mass is 502 g/mol. The Hall–Kier alpha value is -3.00. The Kier molecular flexibility index (Phi) is 6.03. The highest BCUT2D eigenvalue weighted by molar-refractivity contribution is 6.31. The number of amides is 2. The Morgan fingerprint density at radius 1 is 1.06 bits per heavy atom. The van der Waals surface area contributed by atoms with Crippen molar-refractivity contribution in [1.82, 2.24) is 5.32 Å². The van der Waals surface area contributed by atoms with Crippen molar-refractivity contribution in [3.63, 3.8) is 0 Å². The molecule has 9 heteroatoms. The van der Waals surface area contributed by atoms with Gasteiger partial charge in [-0.15, -0.1) is 0 Å². The van der Waals surface area contributed by atoms with Gasteiger partial charge in [-0.1, -0.05) is 24.1 Å². The molecule has 1 aliphatic heterocycles. The average Bonchev–Trinajstić information content (AvgIpc) is 3.39. The van der Waals surface area contributed by atoms with Gasteiger partial charge >= 0.3 is 5.97 Å². The first-order chi connectivity index (χ1) is 16.7. The van der Waals surface area contributed by atoms with Gasteiger partial charge in [0.25, 0.3) is 5.91 Å². The number of carbonyl (C=O) groups excluding carboxylic acids is 2. The summed E-state index contributed by atoms with van der Waals surface area (Å²) in [7, 11) is 0. The number of nitrogens with one attached hydrogen (secondary N) is 1. The third-order valence-corrected chi connectivity index (χ3v) is 7.78. The topological polar surface area (TPSA) is 86.7 Å². The van der Waals surface area contributed by atoms with E-state index in [1.54, 1.807) is 17.0 Å². The molecule has 35 heavy (non-hydrogen) atoms. The largest absolute Gasteiger partial charge is 0.481 e. The second-order valence-electron chi connectivity index (χ2n) is 9.77. The maximum Gasteiger partial charge on any atom is 0.303 e. The Morgan fingerprint density at radius 2 is 1.77 bits per heavy atom. The molecule has 0 bridgehead atoms. The number of aliphatic carboxylic acids is 1. The molecule has 0 spiro atoms. The summed E-state index contributed by atoms with van der Waals surface area (Å²) in [4.78, 5) is 38.8. The highest BCUT2D eigenvalue weighted by Gasteiger charge is 2.59. The quantitative estimate of drug-likeness (QED) is 0.579. The molecular weight excluding hydrogens is 478 g/mol. The van der Waals surface area contributed by atoms with Gasteiger partial charge in [0, 0.05) is 46.3 Å². The molecule has 2 aliphatic carbocycles. The second-order valence-corrected chi connectivity index (χ2v) is 10.2.